The third-order valence-corrected chi connectivity index (χ3v) is 3.66. The molecule has 0 aliphatic heterocycles. The maximum absolute atomic E-state index is 5.67. The molecule has 0 fully saturated rings. The number of rotatable bonds is 5. The molecule has 1 aromatic carbocycles. The van der Waals surface area contributed by atoms with E-state index in [1.54, 1.807) is 11.8 Å². The molecule has 0 aliphatic rings. The van der Waals surface area contributed by atoms with Crippen LogP contribution in [0.3, 0.4) is 0 Å². The van der Waals surface area contributed by atoms with Crippen LogP contribution in [0.15, 0.2) is 33.7 Å². The fourth-order valence-corrected chi connectivity index (χ4v) is 2.11. The summed E-state index contributed by atoms with van der Waals surface area (Å²) in [6.45, 7) is 2.60. The van der Waals surface area contributed by atoms with Crippen molar-refractivity contribution in [2.45, 2.75) is 24.2 Å². The lowest BCUT2D eigenvalue weighted by Gasteiger charge is -2.04. The van der Waals surface area contributed by atoms with Gasteiger partial charge in [0.05, 0.1) is 5.92 Å². The molecule has 0 amide bonds. The minimum Gasteiger partial charge on any atom is -0.339 e. The first-order valence-electron chi connectivity index (χ1n) is 5.96. The Morgan fingerprint density at radius 3 is 2.61 bits per heavy atom. The first-order valence-corrected chi connectivity index (χ1v) is 7.19. The summed E-state index contributed by atoms with van der Waals surface area (Å²) in [5.74, 6) is 1.41. The number of hydrogen-bond donors (Lipinski definition) is 1. The second-order valence-corrected chi connectivity index (χ2v) is 4.91. The van der Waals surface area contributed by atoms with Gasteiger partial charge >= 0.3 is 0 Å². The lowest BCUT2D eigenvalue weighted by molar-refractivity contribution is 0.351. The molecule has 5 heteroatoms. The highest BCUT2D eigenvalue weighted by Crippen LogP contribution is 2.23. The zero-order chi connectivity index (χ0) is 13.0. The van der Waals surface area contributed by atoms with Crippen LogP contribution in [0.4, 0.5) is 0 Å². The molecule has 96 valence electrons. The molecular formula is C13H17N3OS. The van der Waals surface area contributed by atoms with E-state index in [0.717, 1.165) is 12.0 Å². The molecule has 0 bridgehead atoms. The number of aromatic nitrogens is 2. The fourth-order valence-electron chi connectivity index (χ4n) is 1.70. The molecule has 2 aromatic rings. The normalized spacial score (nSPS) is 12.6. The molecule has 0 saturated carbocycles. The lowest BCUT2D eigenvalue weighted by Crippen LogP contribution is -2.11. The topological polar surface area (TPSA) is 64.9 Å². The summed E-state index contributed by atoms with van der Waals surface area (Å²) in [6, 6.07) is 8.11. The standard InChI is InChI=1S/C13H17N3OS/c1-3-9(8-14)13-15-12(16-17-13)10-4-6-11(18-2)7-5-10/h4-7,9H,3,8,14H2,1-2H3. The van der Waals surface area contributed by atoms with Gasteiger partial charge in [0.15, 0.2) is 0 Å². The smallest absolute Gasteiger partial charge is 0.231 e. The van der Waals surface area contributed by atoms with Gasteiger partial charge < -0.3 is 10.3 Å². The van der Waals surface area contributed by atoms with Crippen LogP contribution >= 0.6 is 11.8 Å². The van der Waals surface area contributed by atoms with E-state index in [4.69, 9.17) is 10.3 Å². The minimum atomic E-state index is 0.150. The van der Waals surface area contributed by atoms with Crippen LogP contribution in [0.2, 0.25) is 0 Å². The first kappa shape index (κ1) is 13.1. The maximum atomic E-state index is 5.67. The summed E-state index contributed by atoms with van der Waals surface area (Å²) in [5.41, 5.74) is 6.64. The molecule has 1 unspecified atom stereocenters. The van der Waals surface area contributed by atoms with Gasteiger partial charge in [-0.3, -0.25) is 0 Å². The van der Waals surface area contributed by atoms with Crippen LogP contribution in [0.5, 0.6) is 0 Å². The second kappa shape index (κ2) is 6.02. The predicted molar refractivity (Wildman–Crippen MR) is 73.6 cm³/mol. The van der Waals surface area contributed by atoms with Gasteiger partial charge in [-0.1, -0.05) is 12.1 Å². The maximum Gasteiger partial charge on any atom is 0.231 e. The second-order valence-electron chi connectivity index (χ2n) is 4.03. The average molecular weight is 263 g/mol. The Labute approximate surface area is 111 Å². The molecule has 1 heterocycles. The number of benzene rings is 1. The fraction of sp³-hybridized carbons (Fsp3) is 0.385. The largest absolute Gasteiger partial charge is 0.339 e. The SMILES string of the molecule is CCC(CN)c1nc(-c2ccc(SC)cc2)no1. The van der Waals surface area contributed by atoms with Gasteiger partial charge in [0.25, 0.3) is 0 Å². The van der Waals surface area contributed by atoms with Gasteiger partial charge in [0.1, 0.15) is 0 Å². The Balaban J connectivity index is 2.23. The van der Waals surface area contributed by atoms with Gasteiger partial charge in [-0.05, 0) is 36.9 Å². The van der Waals surface area contributed by atoms with Crippen molar-refractivity contribution < 1.29 is 4.52 Å². The summed E-state index contributed by atoms with van der Waals surface area (Å²) in [5, 5.41) is 4.01. The van der Waals surface area contributed by atoms with Crippen LogP contribution in [0, 0.1) is 0 Å². The van der Waals surface area contributed by atoms with Crippen LogP contribution in [-0.4, -0.2) is 22.9 Å². The molecule has 0 spiro atoms. The van der Waals surface area contributed by atoms with E-state index in [0.29, 0.717) is 18.3 Å². The third-order valence-electron chi connectivity index (χ3n) is 2.92. The van der Waals surface area contributed by atoms with E-state index in [2.05, 4.69) is 35.5 Å². The van der Waals surface area contributed by atoms with E-state index < -0.39 is 0 Å². The zero-order valence-electron chi connectivity index (χ0n) is 10.6. The van der Waals surface area contributed by atoms with E-state index in [1.807, 2.05) is 12.1 Å². The van der Waals surface area contributed by atoms with Crippen molar-refractivity contribution in [2.24, 2.45) is 5.73 Å². The minimum absolute atomic E-state index is 0.150. The molecule has 4 nitrogen and oxygen atoms in total. The highest BCUT2D eigenvalue weighted by molar-refractivity contribution is 7.98. The van der Waals surface area contributed by atoms with Crippen molar-refractivity contribution >= 4 is 11.8 Å². The molecule has 0 saturated heterocycles. The molecule has 1 atom stereocenters. The molecule has 0 radical (unpaired) electrons. The Morgan fingerprint density at radius 1 is 1.33 bits per heavy atom. The number of nitrogens with two attached hydrogens (primary N) is 1. The van der Waals surface area contributed by atoms with Crippen molar-refractivity contribution in [3.63, 3.8) is 0 Å². The van der Waals surface area contributed by atoms with E-state index >= 15 is 0 Å². The molecular weight excluding hydrogens is 246 g/mol. The monoisotopic (exact) mass is 263 g/mol. The Hall–Kier alpha value is -1.33. The van der Waals surface area contributed by atoms with Crippen molar-refractivity contribution in [3.8, 4) is 11.4 Å². The quantitative estimate of drug-likeness (QED) is 0.840. The van der Waals surface area contributed by atoms with Gasteiger partial charge in [0.2, 0.25) is 11.7 Å². The Kier molecular flexibility index (Phi) is 4.38. The van der Waals surface area contributed by atoms with E-state index in [9.17, 15) is 0 Å². The highest BCUT2D eigenvalue weighted by Gasteiger charge is 2.16. The Bertz CT molecular complexity index is 491. The van der Waals surface area contributed by atoms with Crippen LogP contribution in [0.25, 0.3) is 11.4 Å². The Morgan fingerprint density at radius 2 is 2.06 bits per heavy atom. The van der Waals surface area contributed by atoms with Crippen LogP contribution < -0.4 is 5.73 Å². The van der Waals surface area contributed by atoms with Crippen molar-refractivity contribution in [2.75, 3.05) is 12.8 Å². The summed E-state index contributed by atoms with van der Waals surface area (Å²) < 4.78 is 5.27. The van der Waals surface area contributed by atoms with Gasteiger partial charge in [-0.15, -0.1) is 11.8 Å². The molecule has 1 aromatic heterocycles. The van der Waals surface area contributed by atoms with Crippen LogP contribution in [0.1, 0.15) is 25.2 Å². The summed E-state index contributed by atoms with van der Waals surface area (Å²) in [6.07, 6.45) is 2.96. The van der Waals surface area contributed by atoms with Gasteiger partial charge in [0, 0.05) is 17.0 Å². The van der Waals surface area contributed by atoms with Gasteiger partial charge in [-0.2, -0.15) is 4.98 Å². The molecule has 2 rings (SSSR count). The molecule has 0 aliphatic carbocycles. The number of thioether (sulfide) groups is 1. The lowest BCUT2D eigenvalue weighted by atomic mass is 10.1. The third kappa shape index (κ3) is 2.73. The van der Waals surface area contributed by atoms with Crippen LogP contribution in [-0.2, 0) is 0 Å². The first-order chi connectivity index (χ1) is 8.78. The average Bonchev–Trinajstić information content (AvgIpc) is 2.90. The van der Waals surface area contributed by atoms with Crippen molar-refractivity contribution in [1.29, 1.82) is 0 Å². The zero-order valence-corrected chi connectivity index (χ0v) is 11.4. The molecule has 2 N–H and O–H groups in total. The van der Waals surface area contributed by atoms with E-state index in [-0.39, 0.29) is 5.92 Å². The number of nitrogens with zero attached hydrogens (tertiary/aromatic N) is 2. The number of hydrogen-bond acceptors (Lipinski definition) is 5. The summed E-state index contributed by atoms with van der Waals surface area (Å²) >= 11 is 1.71. The predicted octanol–water partition coefficient (Wildman–Crippen LogP) is 2.91. The summed E-state index contributed by atoms with van der Waals surface area (Å²) in [4.78, 5) is 5.63. The molecule has 18 heavy (non-hydrogen) atoms. The highest BCUT2D eigenvalue weighted by atomic mass is 32.2. The van der Waals surface area contributed by atoms with Crippen molar-refractivity contribution in [1.82, 2.24) is 10.1 Å². The summed E-state index contributed by atoms with van der Waals surface area (Å²) in [7, 11) is 0. The van der Waals surface area contributed by atoms with Crippen molar-refractivity contribution in [3.05, 3.63) is 30.2 Å². The van der Waals surface area contributed by atoms with Gasteiger partial charge in [-0.25, -0.2) is 0 Å². The van der Waals surface area contributed by atoms with E-state index in [1.165, 1.54) is 4.90 Å².